The van der Waals surface area contributed by atoms with E-state index in [9.17, 15) is 0 Å². The van der Waals surface area contributed by atoms with Gasteiger partial charge in [-0.15, -0.1) is 0 Å². The predicted molar refractivity (Wildman–Crippen MR) is 75.7 cm³/mol. The molecule has 0 saturated heterocycles. The lowest BCUT2D eigenvalue weighted by atomic mass is 10.1. The van der Waals surface area contributed by atoms with Crippen molar-refractivity contribution in [2.24, 2.45) is 0 Å². The summed E-state index contributed by atoms with van der Waals surface area (Å²) in [6.07, 6.45) is 1.02. The number of benzene rings is 2. The molecule has 0 heterocycles. The van der Waals surface area contributed by atoms with Crippen LogP contribution in [0.1, 0.15) is 6.42 Å². The molecule has 17 heavy (non-hydrogen) atoms. The molecule has 0 fully saturated rings. The molecule has 2 rings (SSSR count). The van der Waals surface area contributed by atoms with Crippen molar-refractivity contribution < 1.29 is 4.74 Å². The van der Waals surface area contributed by atoms with Gasteiger partial charge in [-0.05, 0) is 55.1 Å². The molecule has 0 radical (unpaired) electrons. The molecule has 3 heteroatoms. The van der Waals surface area contributed by atoms with Gasteiger partial charge in [0.05, 0.1) is 6.61 Å². The Bertz CT molecular complexity index is 499. The highest BCUT2D eigenvalue weighted by Gasteiger charge is 1.98. The maximum atomic E-state index is 5.69. The number of nitrogens with one attached hydrogen (secondary N) is 1. The molecule has 0 aromatic heterocycles. The molecular formula is C14H16BrNO. The SMILES string of the molecule is CNCCCOc1ccc2cc(Br)ccc2c1. The van der Waals surface area contributed by atoms with Crippen molar-refractivity contribution in [2.45, 2.75) is 6.42 Å². The van der Waals surface area contributed by atoms with E-state index < -0.39 is 0 Å². The van der Waals surface area contributed by atoms with Crippen molar-refractivity contribution in [2.75, 3.05) is 20.2 Å². The van der Waals surface area contributed by atoms with Crippen molar-refractivity contribution >= 4 is 26.7 Å². The van der Waals surface area contributed by atoms with Crippen LogP contribution in [0.5, 0.6) is 5.75 Å². The van der Waals surface area contributed by atoms with E-state index in [1.165, 1.54) is 10.8 Å². The van der Waals surface area contributed by atoms with Crippen LogP contribution in [-0.2, 0) is 0 Å². The zero-order valence-corrected chi connectivity index (χ0v) is 11.5. The van der Waals surface area contributed by atoms with Gasteiger partial charge in [-0.1, -0.05) is 28.1 Å². The Morgan fingerprint density at radius 3 is 2.71 bits per heavy atom. The van der Waals surface area contributed by atoms with Crippen molar-refractivity contribution in [1.29, 1.82) is 0 Å². The van der Waals surface area contributed by atoms with Gasteiger partial charge in [0, 0.05) is 4.47 Å². The quantitative estimate of drug-likeness (QED) is 0.851. The van der Waals surface area contributed by atoms with Crippen LogP contribution in [0.25, 0.3) is 10.8 Å². The lowest BCUT2D eigenvalue weighted by Gasteiger charge is -2.07. The lowest BCUT2D eigenvalue weighted by Crippen LogP contribution is -2.11. The molecule has 2 aromatic carbocycles. The van der Waals surface area contributed by atoms with E-state index in [0.29, 0.717) is 0 Å². The topological polar surface area (TPSA) is 21.3 Å². The summed E-state index contributed by atoms with van der Waals surface area (Å²) in [5.74, 6) is 0.941. The van der Waals surface area contributed by atoms with Gasteiger partial charge in [0.1, 0.15) is 5.75 Å². The minimum absolute atomic E-state index is 0.753. The third-order valence-electron chi connectivity index (χ3n) is 2.61. The van der Waals surface area contributed by atoms with Gasteiger partial charge in [0.2, 0.25) is 0 Å². The minimum atomic E-state index is 0.753. The molecule has 0 aliphatic carbocycles. The molecule has 0 unspecified atom stereocenters. The molecular weight excluding hydrogens is 278 g/mol. The largest absolute Gasteiger partial charge is 0.494 e. The monoisotopic (exact) mass is 293 g/mol. The smallest absolute Gasteiger partial charge is 0.119 e. The maximum absolute atomic E-state index is 5.69. The van der Waals surface area contributed by atoms with Crippen LogP contribution in [0, 0.1) is 0 Å². The van der Waals surface area contributed by atoms with E-state index >= 15 is 0 Å². The predicted octanol–water partition coefficient (Wildman–Crippen LogP) is 3.59. The van der Waals surface area contributed by atoms with Crippen LogP contribution in [0.15, 0.2) is 40.9 Å². The van der Waals surface area contributed by atoms with E-state index in [-0.39, 0.29) is 0 Å². The van der Waals surface area contributed by atoms with Gasteiger partial charge >= 0.3 is 0 Å². The van der Waals surface area contributed by atoms with E-state index in [2.05, 4.69) is 45.5 Å². The highest BCUT2D eigenvalue weighted by molar-refractivity contribution is 9.10. The van der Waals surface area contributed by atoms with Gasteiger partial charge in [-0.25, -0.2) is 0 Å². The summed E-state index contributed by atoms with van der Waals surface area (Å²) >= 11 is 3.47. The zero-order chi connectivity index (χ0) is 12.1. The Kier molecular flexibility index (Phi) is 4.40. The number of hydrogen-bond donors (Lipinski definition) is 1. The summed E-state index contributed by atoms with van der Waals surface area (Å²) in [6, 6.07) is 12.5. The van der Waals surface area contributed by atoms with E-state index in [4.69, 9.17) is 4.74 Å². The van der Waals surface area contributed by atoms with E-state index in [1.54, 1.807) is 0 Å². The molecule has 0 spiro atoms. The number of fused-ring (bicyclic) bond motifs is 1. The Hall–Kier alpha value is -1.06. The first-order valence-electron chi connectivity index (χ1n) is 5.76. The fourth-order valence-electron chi connectivity index (χ4n) is 1.72. The molecule has 0 amide bonds. The normalized spacial score (nSPS) is 10.7. The van der Waals surface area contributed by atoms with Crippen LogP contribution in [0.3, 0.4) is 0 Å². The first kappa shape index (κ1) is 12.4. The molecule has 1 N–H and O–H groups in total. The fraction of sp³-hybridized carbons (Fsp3) is 0.286. The molecule has 2 aromatic rings. The molecule has 2 nitrogen and oxygen atoms in total. The fourth-order valence-corrected chi connectivity index (χ4v) is 2.10. The molecule has 0 saturated carbocycles. The Balaban J connectivity index is 2.07. The minimum Gasteiger partial charge on any atom is -0.494 e. The average Bonchev–Trinajstić information content (AvgIpc) is 2.35. The van der Waals surface area contributed by atoms with Crippen molar-refractivity contribution in [1.82, 2.24) is 5.32 Å². The van der Waals surface area contributed by atoms with Crippen molar-refractivity contribution in [3.8, 4) is 5.75 Å². The zero-order valence-electron chi connectivity index (χ0n) is 9.87. The summed E-state index contributed by atoms with van der Waals surface area (Å²) in [5.41, 5.74) is 0. The summed E-state index contributed by atoms with van der Waals surface area (Å²) in [5, 5.41) is 5.54. The van der Waals surface area contributed by atoms with Crippen LogP contribution >= 0.6 is 15.9 Å². The van der Waals surface area contributed by atoms with Gasteiger partial charge in [0.25, 0.3) is 0 Å². The summed E-state index contributed by atoms with van der Waals surface area (Å²) in [6.45, 7) is 1.74. The number of ether oxygens (including phenoxy) is 1. The van der Waals surface area contributed by atoms with Crippen LogP contribution < -0.4 is 10.1 Å². The number of hydrogen-bond acceptors (Lipinski definition) is 2. The molecule has 0 atom stereocenters. The second-order valence-corrected chi connectivity index (χ2v) is 4.87. The van der Waals surface area contributed by atoms with Crippen LogP contribution in [0.2, 0.25) is 0 Å². The lowest BCUT2D eigenvalue weighted by molar-refractivity contribution is 0.310. The number of halogens is 1. The number of rotatable bonds is 5. The van der Waals surface area contributed by atoms with Crippen molar-refractivity contribution in [3.05, 3.63) is 40.9 Å². The van der Waals surface area contributed by atoms with Gasteiger partial charge in [0.15, 0.2) is 0 Å². The Labute approximate surface area is 110 Å². The van der Waals surface area contributed by atoms with Gasteiger partial charge in [-0.3, -0.25) is 0 Å². The first-order valence-corrected chi connectivity index (χ1v) is 6.55. The highest BCUT2D eigenvalue weighted by atomic mass is 79.9. The molecule has 90 valence electrons. The third-order valence-corrected chi connectivity index (χ3v) is 3.11. The van der Waals surface area contributed by atoms with E-state index in [0.717, 1.165) is 29.8 Å². The third kappa shape index (κ3) is 3.45. The molecule has 0 aliphatic rings. The summed E-state index contributed by atoms with van der Waals surface area (Å²) in [4.78, 5) is 0. The summed E-state index contributed by atoms with van der Waals surface area (Å²) < 4.78 is 6.80. The van der Waals surface area contributed by atoms with Crippen LogP contribution in [0.4, 0.5) is 0 Å². The van der Waals surface area contributed by atoms with Crippen molar-refractivity contribution in [3.63, 3.8) is 0 Å². The highest BCUT2D eigenvalue weighted by Crippen LogP contribution is 2.24. The second-order valence-electron chi connectivity index (χ2n) is 3.96. The van der Waals surface area contributed by atoms with Crippen LogP contribution in [-0.4, -0.2) is 20.2 Å². The van der Waals surface area contributed by atoms with E-state index in [1.807, 2.05) is 19.2 Å². The summed E-state index contributed by atoms with van der Waals surface area (Å²) in [7, 11) is 1.95. The van der Waals surface area contributed by atoms with Gasteiger partial charge < -0.3 is 10.1 Å². The first-order chi connectivity index (χ1) is 8.29. The molecule has 0 bridgehead atoms. The second kappa shape index (κ2) is 6.03. The standard InChI is InChI=1S/C14H16BrNO/c1-16-7-2-8-17-14-6-4-11-9-13(15)5-3-12(11)10-14/h3-6,9-10,16H,2,7-8H2,1H3. The van der Waals surface area contributed by atoms with Gasteiger partial charge in [-0.2, -0.15) is 0 Å². The molecule has 0 aliphatic heterocycles. The maximum Gasteiger partial charge on any atom is 0.119 e. The average molecular weight is 294 g/mol. The Morgan fingerprint density at radius 1 is 1.12 bits per heavy atom. The Morgan fingerprint density at radius 2 is 1.88 bits per heavy atom.